The molecule has 2 aromatic carbocycles. The molecule has 0 fully saturated rings. The fourth-order valence-corrected chi connectivity index (χ4v) is 3.27. The van der Waals surface area contributed by atoms with Gasteiger partial charge in [0, 0.05) is 32.5 Å². The van der Waals surface area contributed by atoms with Gasteiger partial charge in [-0.1, -0.05) is 29.3 Å². The molecule has 0 amide bonds. The first-order valence-corrected chi connectivity index (χ1v) is 7.51. The molecule has 0 radical (unpaired) electrons. The van der Waals surface area contributed by atoms with E-state index in [-0.39, 0.29) is 0 Å². The predicted molar refractivity (Wildman–Crippen MR) is 85.6 cm³/mol. The van der Waals surface area contributed by atoms with E-state index in [1.165, 1.54) is 10.1 Å². The number of hydrogen-bond acceptors (Lipinski definition) is 2. The van der Waals surface area contributed by atoms with Crippen LogP contribution in [0, 0.1) is 0 Å². The Morgan fingerprint density at radius 3 is 2.58 bits per heavy atom. The van der Waals surface area contributed by atoms with Gasteiger partial charge in [0.2, 0.25) is 0 Å². The van der Waals surface area contributed by atoms with E-state index in [0.29, 0.717) is 16.6 Å². The fourth-order valence-electron chi connectivity index (χ4n) is 1.97. The van der Waals surface area contributed by atoms with Gasteiger partial charge in [-0.3, -0.25) is 0 Å². The summed E-state index contributed by atoms with van der Waals surface area (Å²) in [7, 11) is 0. The zero-order valence-electron chi connectivity index (χ0n) is 9.99. The van der Waals surface area contributed by atoms with E-state index in [9.17, 15) is 0 Å². The molecule has 0 aliphatic heterocycles. The molecule has 4 heteroatoms. The van der Waals surface area contributed by atoms with Gasteiger partial charge in [0.1, 0.15) is 0 Å². The van der Waals surface area contributed by atoms with E-state index in [0.717, 1.165) is 11.3 Å². The van der Waals surface area contributed by atoms with E-state index in [1.54, 1.807) is 11.3 Å². The predicted octanol–water partition coefficient (Wildman–Crippen LogP) is 5.82. The Balaban J connectivity index is 1.82. The largest absolute Gasteiger partial charge is 0.381 e. The van der Waals surface area contributed by atoms with Crippen LogP contribution in [-0.2, 0) is 6.54 Å². The molecule has 96 valence electrons. The van der Waals surface area contributed by atoms with Crippen molar-refractivity contribution in [1.29, 1.82) is 0 Å². The lowest BCUT2D eigenvalue weighted by molar-refractivity contribution is 1.15. The highest BCUT2D eigenvalue weighted by atomic mass is 35.5. The number of fused-ring (bicyclic) bond motifs is 1. The number of nitrogens with one attached hydrogen (secondary N) is 1. The lowest BCUT2D eigenvalue weighted by Crippen LogP contribution is -2.00. The third-order valence-corrected chi connectivity index (χ3v) is 4.59. The number of thiophene rings is 1. The van der Waals surface area contributed by atoms with Gasteiger partial charge in [0.05, 0.1) is 0 Å². The van der Waals surface area contributed by atoms with Gasteiger partial charge in [-0.2, -0.15) is 0 Å². The second kappa shape index (κ2) is 5.41. The molecule has 3 rings (SSSR count). The van der Waals surface area contributed by atoms with Crippen LogP contribution in [0.3, 0.4) is 0 Å². The summed E-state index contributed by atoms with van der Waals surface area (Å²) < 4.78 is 1.29. The van der Waals surface area contributed by atoms with Crippen LogP contribution in [0.5, 0.6) is 0 Å². The van der Waals surface area contributed by atoms with Crippen LogP contribution < -0.4 is 5.32 Å². The van der Waals surface area contributed by atoms with Crippen molar-refractivity contribution in [2.45, 2.75) is 6.54 Å². The second-order valence-corrected chi connectivity index (χ2v) is 5.99. The van der Waals surface area contributed by atoms with E-state index in [1.807, 2.05) is 18.2 Å². The molecule has 0 aliphatic rings. The highest BCUT2D eigenvalue weighted by Gasteiger charge is 2.05. The number of hydrogen-bond donors (Lipinski definition) is 1. The molecule has 1 heterocycles. The van der Waals surface area contributed by atoms with Crippen LogP contribution >= 0.6 is 34.5 Å². The van der Waals surface area contributed by atoms with Crippen LogP contribution in [0.2, 0.25) is 10.0 Å². The normalized spacial score (nSPS) is 10.8. The Bertz CT molecular complexity index is 701. The topological polar surface area (TPSA) is 12.0 Å². The summed E-state index contributed by atoms with van der Waals surface area (Å²) in [6.45, 7) is 0.619. The summed E-state index contributed by atoms with van der Waals surface area (Å²) in [6.07, 6.45) is 0. The third kappa shape index (κ3) is 2.71. The van der Waals surface area contributed by atoms with Crippen molar-refractivity contribution in [1.82, 2.24) is 0 Å². The van der Waals surface area contributed by atoms with E-state index in [4.69, 9.17) is 23.2 Å². The summed E-state index contributed by atoms with van der Waals surface area (Å²) in [6, 6.07) is 14.0. The SMILES string of the molecule is Clc1cccc(Cl)c1CNc1ccc2sccc2c1. The van der Waals surface area contributed by atoms with E-state index in [2.05, 4.69) is 35.0 Å². The zero-order chi connectivity index (χ0) is 13.2. The fraction of sp³-hybridized carbons (Fsp3) is 0.0667. The Morgan fingerprint density at radius 2 is 1.79 bits per heavy atom. The molecule has 0 spiro atoms. The molecule has 0 atom stereocenters. The highest BCUT2D eigenvalue weighted by molar-refractivity contribution is 7.17. The summed E-state index contributed by atoms with van der Waals surface area (Å²) in [5, 5.41) is 8.09. The molecule has 1 nitrogen and oxygen atoms in total. The minimum absolute atomic E-state index is 0.619. The maximum absolute atomic E-state index is 6.15. The highest BCUT2D eigenvalue weighted by Crippen LogP contribution is 2.27. The van der Waals surface area contributed by atoms with Gasteiger partial charge in [-0.05, 0) is 47.2 Å². The lowest BCUT2D eigenvalue weighted by atomic mass is 10.2. The first-order chi connectivity index (χ1) is 9.24. The minimum Gasteiger partial charge on any atom is -0.381 e. The zero-order valence-corrected chi connectivity index (χ0v) is 12.3. The van der Waals surface area contributed by atoms with Crippen LogP contribution in [0.4, 0.5) is 5.69 Å². The smallest absolute Gasteiger partial charge is 0.0470 e. The number of halogens is 2. The summed E-state index contributed by atoms with van der Waals surface area (Å²) >= 11 is 14.0. The molecule has 0 aliphatic carbocycles. The third-order valence-electron chi connectivity index (χ3n) is 2.98. The molecule has 19 heavy (non-hydrogen) atoms. The number of anilines is 1. The second-order valence-electron chi connectivity index (χ2n) is 4.23. The Morgan fingerprint density at radius 1 is 1.00 bits per heavy atom. The summed E-state index contributed by atoms with van der Waals surface area (Å²) in [4.78, 5) is 0. The first-order valence-electron chi connectivity index (χ1n) is 5.88. The van der Waals surface area contributed by atoms with Crippen LogP contribution in [0.15, 0.2) is 47.8 Å². The van der Waals surface area contributed by atoms with Crippen molar-refractivity contribution in [3.8, 4) is 0 Å². The Labute approximate surface area is 125 Å². The summed E-state index contributed by atoms with van der Waals surface area (Å²) in [5.41, 5.74) is 2.00. The molecule has 1 aromatic heterocycles. The molecule has 0 unspecified atom stereocenters. The van der Waals surface area contributed by atoms with E-state index < -0.39 is 0 Å². The van der Waals surface area contributed by atoms with Crippen LogP contribution in [0.25, 0.3) is 10.1 Å². The molecular formula is C15H11Cl2NS. The van der Waals surface area contributed by atoms with Crippen molar-refractivity contribution < 1.29 is 0 Å². The molecule has 0 bridgehead atoms. The van der Waals surface area contributed by atoms with E-state index >= 15 is 0 Å². The molecule has 1 N–H and O–H groups in total. The molecule has 0 saturated heterocycles. The van der Waals surface area contributed by atoms with Crippen LogP contribution in [-0.4, -0.2) is 0 Å². The number of rotatable bonds is 3. The van der Waals surface area contributed by atoms with Gasteiger partial charge in [0.15, 0.2) is 0 Å². The quantitative estimate of drug-likeness (QED) is 0.643. The number of benzene rings is 2. The van der Waals surface area contributed by atoms with Gasteiger partial charge < -0.3 is 5.32 Å². The maximum Gasteiger partial charge on any atom is 0.0470 e. The Kier molecular flexibility index (Phi) is 3.65. The monoisotopic (exact) mass is 307 g/mol. The van der Waals surface area contributed by atoms with Gasteiger partial charge in [-0.15, -0.1) is 11.3 Å². The van der Waals surface area contributed by atoms with Gasteiger partial charge in [0.25, 0.3) is 0 Å². The standard InChI is InChI=1S/C15H11Cl2NS/c16-13-2-1-3-14(17)12(13)9-18-11-4-5-15-10(8-11)6-7-19-15/h1-8,18H,9H2. The molecule has 0 saturated carbocycles. The van der Waals surface area contributed by atoms with Crippen molar-refractivity contribution in [3.05, 3.63) is 63.5 Å². The average molecular weight is 308 g/mol. The van der Waals surface area contributed by atoms with Crippen molar-refractivity contribution >= 4 is 50.3 Å². The molecule has 3 aromatic rings. The average Bonchev–Trinajstić information content (AvgIpc) is 2.85. The van der Waals surface area contributed by atoms with Crippen molar-refractivity contribution in [2.24, 2.45) is 0 Å². The minimum atomic E-state index is 0.619. The maximum atomic E-state index is 6.15. The van der Waals surface area contributed by atoms with Crippen LogP contribution in [0.1, 0.15) is 5.56 Å². The first kappa shape index (κ1) is 12.8. The van der Waals surface area contributed by atoms with Crippen molar-refractivity contribution in [3.63, 3.8) is 0 Å². The summed E-state index contributed by atoms with van der Waals surface area (Å²) in [5.74, 6) is 0. The van der Waals surface area contributed by atoms with Gasteiger partial charge >= 0.3 is 0 Å². The van der Waals surface area contributed by atoms with Gasteiger partial charge in [-0.25, -0.2) is 0 Å². The Hall–Kier alpha value is -1.22. The molecular weight excluding hydrogens is 297 g/mol. The van der Waals surface area contributed by atoms with Crippen molar-refractivity contribution in [2.75, 3.05) is 5.32 Å². The lowest BCUT2D eigenvalue weighted by Gasteiger charge is -2.10.